The number of aromatic nitrogens is 3. The van der Waals surface area contributed by atoms with Gasteiger partial charge in [-0.25, -0.2) is 8.42 Å². The highest BCUT2D eigenvalue weighted by atomic mass is 32.2. The van der Waals surface area contributed by atoms with Crippen molar-refractivity contribution in [2.75, 3.05) is 24.2 Å². The molecule has 2 fully saturated rings. The first-order valence-corrected chi connectivity index (χ1v) is 13.8. The summed E-state index contributed by atoms with van der Waals surface area (Å²) in [6.07, 6.45) is 3.99. The van der Waals surface area contributed by atoms with Crippen LogP contribution < -0.4 is 5.32 Å². The third kappa shape index (κ3) is 4.47. The Bertz CT molecular complexity index is 1200. The van der Waals surface area contributed by atoms with Gasteiger partial charge in [0.25, 0.3) is 0 Å². The van der Waals surface area contributed by atoms with Crippen LogP contribution in [0.2, 0.25) is 0 Å². The van der Waals surface area contributed by atoms with Crippen molar-refractivity contribution in [2.24, 2.45) is 0 Å². The first-order valence-electron chi connectivity index (χ1n) is 10.5. The molecule has 32 heavy (non-hydrogen) atoms. The van der Waals surface area contributed by atoms with Crippen LogP contribution in [0.4, 0.5) is 5.69 Å². The number of rotatable bonds is 8. The summed E-state index contributed by atoms with van der Waals surface area (Å²) in [5.74, 6) is 0.886. The number of nitrogens with one attached hydrogen (secondary N) is 1. The predicted octanol–water partition coefficient (Wildman–Crippen LogP) is 3.86. The summed E-state index contributed by atoms with van der Waals surface area (Å²) in [5, 5.41) is 14.3. The third-order valence-electron chi connectivity index (χ3n) is 5.49. The van der Waals surface area contributed by atoms with Crippen molar-refractivity contribution < 1.29 is 13.2 Å². The number of hydrogen-bond donors (Lipinski definition) is 1. The normalized spacial score (nSPS) is 17.0. The predicted molar refractivity (Wildman–Crippen MR) is 125 cm³/mol. The maximum absolute atomic E-state index is 12.6. The first kappa shape index (κ1) is 21.6. The van der Waals surface area contributed by atoms with Crippen LogP contribution in [0.3, 0.4) is 0 Å². The van der Waals surface area contributed by atoms with Gasteiger partial charge in [-0.2, -0.15) is 4.31 Å². The Hall–Kier alpha value is -2.21. The van der Waals surface area contributed by atoms with Crippen molar-refractivity contribution in [3.8, 4) is 10.7 Å². The molecule has 8 nitrogen and oxygen atoms in total. The molecule has 0 unspecified atom stereocenters. The second-order valence-corrected chi connectivity index (χ2v) is 11.7. The van der Waals surface area contributed by atoms with Crippen molar-refractivity contribution in [1.29, 1.82) is 0 Å². The lowest BCUT2D eigenvalue weighted by Crippen LogP contribution is -2.27. The molecule has 1 aliphatic heterocycles. The molecular formula is C21H23N5O3S3. The van der Waals surface area contributed by atoms with Crippen molar-refractivity contribution in [2.45, 2.75) is 41.8 Å². The Morgan fingerprint density at radius 1 is 1.12 bits per heavy atom. The molecule has 1 saturated carbocycles. The van der Waals surface area contributed by atoms with Gasteiger partial charge in [0.1, 0.15) is 0 Å². The zero-order valence-corrected chi connectivity index (χ0v) is 19.8. The quantitative estimate of drug-likeness (QED) is 0.483. The van der Waals surface area contributed by atoms with Gasteiger partial charge in [-0.1, -0.05) is 17.8 Å². The molecule has 1 aliphatic carbocycles. The van der Waals surface area contributed by atoms with E-state index in [1.54, 1.807) is 35.6 Å². The van der Waals surface area contributed by atoms with E-state index in [4.69, 9.17) is 0 Å². The van der Waals surface area contributed by atoms with Gasteiger partial charge in [0, 0.05) is 24.8 Å². The number of benzene rings is 1. The number of thiophene rings is 1. The minimum Gasteiger partial charge on any atom is -0.325 e. The smallest absolute Gasteiger partial charge is 0.243 e. The van der Waals surface area contributed by atoms with E-state index in [1.165, 1.54) is 16.1 Å². The second kappa shape index (κ2) is 8.97. The molecule has 0 bridgehead atoms. The van der Waals surface area contributed by atoms with Crippen LogP contribution in [0.15, 0.2) is 51.8 Å². The highest BCUT2D eigenvalue weighted by molar-refractivity contribution is 7.99. The molecule has 3 aromatic rings. The fourth-order valence-corrected chi connectivity index (χ4v) is 6.75. The number of thioether (sulfide) groups is 1. The summed E-state index contributed by atoms with van der Waals surface area (Å²) in [6.45, 7) is 1.13. The molecule has 1 amide bonds. The molecule has 168 valence electrons. The number of amides is 1. The van der Waals surface area contributed by atoms with Crippen LogP contribution in [0.1, 0.15) is 31.7 Å². The molecule has 0 atom stereocenters. The van der Waals surface area contributed by atoms with E-state index >= 15 is 0 Å². The summed E-state index contributed by atoms with van der Waals surface area (Å²) in [4.78, 5) is 13.8. The fourth-order valence-electron chi connectivity index (χ4n) is 3.73. The van der Waals surface area contributed by atoms with Crippen LogP contribution in [0.5, 0.6) is 0 Å². The van der Waals surface area contributed by atoms with Crippen LogP contribution >= 0.6 is 23.1 Å². The summed E-state index contributed by atoms with van der Waals surface area (Å²) in [7, 11) is -3.45. The van der Waals surface area contributed by atoms with E-state index < -0.39 is 10.0 Å². The number of carbonyl (C=O) groups excluding carboxylic acids is 1. The molecule has 11 heteroatoms. The topological polar surface area (TPSA) is 97.2 Å². The number of carbonyl (C=O) groups is 1. The lowest BCUT2D eigenvalue weighted by molar-refractivity contribution is -0.113. The zero-order chi connectivity index (χ0) is 22.1. The Morgan fingerprint density at radius 3 is 2.53 bits per heavy atom. The summed E-state index contributed by atoms with van der Waals surface area (Å²) in [6, 6.07) is 10.8. The van der Waals surface area contributed by atoms with Gasteiger partial charge in [-0.05, 0) is 61.4 Å². The van der Waals surface area contributed by atoms with Crippen LogP contribution in [-0.2, 0) is 14.8 Å². The molecule has 2 aliphatic rings. The molecule has 1 aromatic carbocycles. The standard InChI is InChI=1S/C21H23N5O3S3/c27-19(22-15-5-9-17(10-6-15)32(28,29)25-11-1-2-12-25)14-31-21-24-23-20(18-4-3-13-30-18)26(21)16-7-8-16/h3-6,9-10,13,16H,1-2,7-8,11-12,14H2,(H,22,27). The maximum atomic E-state index is 12.6. The highest BCUT2D eigenvalue weighted by Crippen LogP contribution is 2.41. The van der Waals surface area contributed by atoms with Crippen molar-refractivity contribution in [3.63, 3.8) is 0 Å². The lowest BCUT2D eigenvalue weighted by atomic mass is 10.3. The zero-order valence-electron chi connectivity index (χ0n) is 17.3. The number of sulfonamides is 1. The van der Waals surface area contributed by atoms with Gasteiger partial charge < -0.3 is 5.32 Å². The van der Waals surface area contributed by atoms with Gasteiger partial charge in [0.2, 0.25) is 15.9 Å². The summed E-state index contributed by atoms with van der Waals surface area (Å²) >= 11 is 2.99. The van der Waals surface area contributed by atoms with Gasteiger partial charge in [-0.3, -0.25) is 9.36 Å². The SMILES string of the molecule is O=C(CSc1nnc(-c2cccs2)n1C1CC1)Nc1ccc(S(=O)(=O)N2CCCC2)cc1. The van der Waals surface area contributed by atoms with Crippen LogP contribution in [0.25, 0.3) is 10.7 Å². The molecule has 0 spiro atoms. The molecule has 2 aromatic heterocycles. The van der Waals surface area contributed by atoms with Crippen molar-refractivity contribution in [1.82, 2.24) is 19.1 Å². The van der Waals surface area contributed by atoms with Crippen molar-refractivity contribution in [3.05, 3.63) is 41.8 Å². The number of nitrogens with zero attached hydrogens (tertiary/aromatic N) is 4. The molecular weight excluding hydrogens is 466 g/mol. The molecule has 3 heterocycles. The van der Waals surface area contributed by atoms with Crippen LogP contribution in [0, 0.1) is 0 Å². The Morgan fingerprint density at radius 2 is 1.88 bits per heavy atom. The average Bonchev–Trinajstić information content (AvgIpc) is 3.23. The summed E-state index contributed by atoms with van der Waals surface area (Å²) < 4.78 is 28.9. The number of hydrogen-bond acceptors (Lipinski definition) is 7. The van der Waals surface area contributed by atoms with Gasteiger partial charge in [0.05, 0.1) is 15.5 Å². The van der Waals surface area contributed by atoms with Crippen molar-refractivity contribution >= 4 is 44.7 Å². The largest absolute Gasteiger partial charge is 0.325 e. The molecule has 1 saturated heterocycles. The van der Waals surface area contributed by atoms with E-state index in [2.05, 4.69) is 20.1 Å². The van der Waals surface area contributed by atoms with E-state index in [0.717, 1.165) is 41.5 Å². The van der Waals surface area contributed by atoms with Gasteiger partial charge in [0.15, 0.2) is 11.0 Å². The Balaban J connectivity index is 1.22. The van der Waals surface area contributed by atoms with E-state index in [1.807, 2.05) is 17.5 Å². The minimum atomic E-state index is -3.45. The molecule has 0 radical (unpaired) electrons. The van der Waals surface area contributed by atoms with E-state index in [9.17, 15) is 13.2 Å². The van der Waals surface area contributed by atoms with Gasteiger partial charge >= 0.3 is 0 Å². The van der Waals surface area contributed by atoms with E-state index in [0.29, 0.717) is 24.8 Å². The van der Waals surface area contributed by atoms with Gasteiger partial charge in [-0.15, -0.1) is 21.5 Å². The fraction of sp³-hybridized carbons (Fsp3) is 0.381. The van der Waals surface area contributed by atoms with Crippen LogP contribution in [-0.4, -0.2) is 52.2 Å². The van der Waals surface area contributed by atoms with E-state index in [-0.39, 0.29) is 16.6 Å². The maximum Gasteiger partial charge on any atom is 0.243 e. The second-order valence-electron chi connectivity index (χ2n) is 7.86. The third-order valence-corrected chi connectivity index (χ3v) is 9.21. The number of anilines is 1. The monoisotopic (exact) mass is 489 g/mol. The first-order chi connectivity index (χ1) is 15.5. The Kier molecular flexibility index (Phi) is 6.06. The Labute approximate surface area is 195 Å². The minimum absolute atomic E-state index is 0.173. The average molecular weight is 490 g/mol. The molecule has 5 rings (SSSR count). The summed E-state index contributed by atoms with van der Waals surface area (Å²) in [5.41, 5.74) is 0.568. The lowest BCUT2D eigenvalue weighted by Gasteiger charge is -2.15. The molecule has 1 N–H and O–H groups in total. The highest BCUT2D eigenvalue weighted by Gasteiger charge is 2.31.